The molecule has 0 amide bonds. The first kappa shape index (κ1) is 11.5. The van der Waals surface area contributed by atoms with Gasteiger partial charge in [0.1, 0.15) is 12.7 Å². The average Bonchev–Trinajstić information content (AvgIpc) is 3.08. The van der Waals surface area contributed by atoms with Gasteiger partial charge >= 0.3 is 0 Å². The largest absolute Gasteiger partial charge is 0.378 e. The number of aryl methyl sites for hydroxylation is 1. The van der Waals surface area contributed by atoms with Gasteiger partial charge in [-0.3, -0.25) is 4.68 Å². The SMILES string of the molecule is Cn1nccc1CNc1ccccc1-n1cncn1. The van der Waals surface area contributed by atoms with Crippen LogP contribution in [0.2, 0.25) is 0 Å². The Kier molecular flexibility index (Phi) is 2.97. The average molecular weight is 254 g/mol. The molecule has 0 saturated heterocycles. The Bertz CT molecular complexity index is 655. The summed E-state index contributed by atoms with van der Waals surface area (Å²) in [5.74, 6) is 0. The molecule has 0 spiro atoms. The number of nitrogens with one attached hydrogen (secondary N) is 1. The van der Waals surface area contributed by atoms with Gasteiger partial charge in [0.15, 0.2) is 0 Å². The third-order valence-corrected chi connectivity index (χ3v) is 2.95. The second-order valence-corrected chi connectivity index (χ2v) is 4.16. The minimum atomic E-state index is 0.711. The van der Waals surface area contributed by atoms with Crippen molar-refractivity contribution >= 4 is 5.69 Å². The minimum Gasteiger partial charge on any atom is -0.378 e. The first-order valence-corrected chi connectivity index (χ1v) is 5.99. The highest BCUT2D eigenvalue weighted by molar-refractivity contribution is 5.60. The molecule has 6 heteroatoms. The summed E-state index contributed by atoms with van der Waals surface area (Å²) in [6.45, 7) is 0.711. The molecule has 6 nitrogen and oxygen atoms in total. The van der Waals surface area contributed by atoms with Gasteiger partial charge in [0.2, 0.25) is 0 Å². The molecule has 2 heterocycles. The van der Waals surface area contributed by atoms with Crippen molar-refractivity contribution in [1.29, 1.82) is 0 Å². The van der Waals surface area contributed by atoms with Crippen LogP contribution in [-0.4, -0.2) is 24.5 Å². The quantitative estimate of drug-likeness (QED) is 0.768. The highest BCUT2D eigenvalue weighted by Gasteiger charge is 2.05. The van der Waals surface area contributed by atoms with Gasteiger partial charge in [-0.1, -0.05) is 12.1 Å². The molecule has 3 aromatic rings. The smallest absolute Gasteiger partial charge is 0.138 e. The Balaban J connectivity index is 1.84. The van der Waals surface area contributed by atoms with Gasteiger partial charge in [-0.2, -0.15) is 10.2 Å². The molecule has 96 valence electrons. The van der Waals surface area contributed by atoms with Gasteiger partial charge in [0.05, 0.1) is 23.6 Å². The lowest BCUT2D eigenvalue weighted by Crippen LogP contribution is -2.08. The van der Waals surface area contributed by atoms with Gasteiger partial charge in [-0.15, -0.1) is 0 Å². The molecule has 0 radical (unpaired) electrons. The van der Waals surface area contributed by atoms with Gasteiger partial charge < -0.3 is 5.32 Å². The Morgan fingerprint density at radius 3 is 2.79 bits per heavy atom. The zero-order chi connectivity index (χ0) is 13.1. The molecule has 0 aliphatic rings. The van der Waals surface area contributed by atoms with Crippen LogP contribution in [0.1, 0.15) is 5.69 Å². The van der Waals surface area contributed by atoms with E-state index in [1.807, 2.05) is 42.1 Å². The van der Waals surface area contributed by atoms with Crippen molar-refractivity contribution in [2.24, 2.45) is 7.05 Å². The van der Waals surface area contributed by atoms with E-state index in [-0.39, 0.29) is 0 Å². The third-order valence-electron chi connectivity index (χ3n) is 2.95. The van der Waals surface area contributed by atoms with E-state index in [2.05, 4.69) is 20.5 Å². The van der Waals surface area contributed by atoms with Crippen LogP contribution in [0.25, 0.3) is 5.69 Å². The van der Waals surface area contributed by atoms with Crippen LogP contribution in [0, 0.1) is 0 Å². The molecule has 1 N–H and O–H groups in total. The molecule has 0 atom stereocenters. The standard InChI is InChI=1S/C13H14N6/c1-18-11(6-7-16-18)8-15-12-4-2-3-5-13(12)19-10-14-9-17-19/h2-7,9-10,15H,8H2,1H3. The fourth-order valence-electron chi connectivity index (χ4n) is 1.92. The summed E-state index contributed by atoms with van der Waals surface area (Å²) in [5.41, 5.74) is 3.10. The van der Waals surface area contributed by atoms with E-state index in [9.17, 15) is 0 Å². The molecule has 0 aliphatic carbocycles. The molecular formula is C13H14N6. The van der Waals surface area contributed by atoms with Gasteiger partial charge in [-0.05, 0) is 18.2 Å². The zero-order valence-corrected chi connectivity index (χ0v) is 10.6. The van der Waals surface area contributed by atoms with Crippen molar-refractivity contribution in [3.8, 4) is 5.69 Å². The lowest BCUT2D eigenvalue weighted by Gasteiger charge is -2.11. The fraction of sp³-hybridized carbons (Fsp3) is 0.154. The first-order chi connectivity index (χ1) is 9.34. The lowest BCUT2D eigenvalue weighted by molar-refractivity contribution is 0.720. The monoisotopic (exact) mass is 254 g/mol. The number of anilines is 1. The molecule has 3 rings (SSSR count). The number of nitrogens with zero attached hydrogens (tertiary/aromatic N) is 5. The molecule has 1 aromatic carbocycles. The van der Waals surface area contributed by atoms with Crippen LogP contribution in [0.3, 0.4) is 0 Å². The summed E-state index contributed by atoms with van der Waals surface area (Å²) in [4.78, 5) is 3.97. The van der Waals surface area contributed by atoms with E-state index in [0.29, 0.717) is 6.54 Å². The Morgan fingerprint density at radius 1 is 1.16 bits per heavy atom. The molecule has 0 unspecified atom stereocenters. The van der Waals surface area contributed by atoms with Gasteiger partial charge in [-0.25, -0.2) is 9.67 Å². The number of para-hydroxylation sites is 2. The number of rotatable bonds is 4. The Hall–Kier alpha value is -2.63. The van der Waals surface area contributed by atoms with Crippen molar-refractivity contribution in [2.75, 3.05) is 5.32 Å². The maximum absolute atomic E-state index is 4.16. The minimum absolute atomic E-state index is 0.711. The molecule has 2 aromatic heterocycles. The van der Waals surface area contributed by atoms with E-state index < -0.39 is 0 Å². The van der Waals surface area contributed by atoms with E-state index in [1.165, 1.54) is 6.33 Å². The van der Waals surface area contributed by atoms with Crippen LogP contribution < -0.4 is 5.32 Å². The van der Waals surface area contributed by atoms with Crippen LogP contribution in [0.5, 0.6) is 0 Å². The number of hydrogen-bond acceptors (Lipinski definition) is 4. The maximum Gasteiger partial charge on any atom is 0.138 e. The predicted molar refractivity (Wildman–Crippen MR) is 71.9 cm³/mol. The topological polar surface area (TPSA) is 60.6 Å². The van der Waals surface area contributed by atoms with Gasteiger partial charge in [0.25, 0.3) is 0 Å². The second kappa shape index (κ2) is 4.93. The van der Waals surface area contributed by atoms with Crippen molar-refractivity contribution in [1.82, 2.24) is 24.5 Å². The van der Waals surface area contributed by atoms with Crippen LogP contribution >= 0.6 is 0 Å². The van der Waals surface area contributed by atoms with Crippen molar-refractivity contribution in [2.45, 2.75) is 6.54 Å². The maximum atomic E-state index is 4.16. The van der Waals surface area contributed by atoms with Crippen LogP contribution in [0.4, 0.5) is 5.69 Å². The zero-order valence-electron chi connectivity index (χ0n) is 10.6. The molecule has 19 heavy (non-hydrogen) atoms. The lowest BCUT2D eigenvalue weighted by atomic mass is 10.2. The Morgan fingerprint density at radius 2 is 2.05 bits per heavy atom. The summed E-state index contributed by atoms with van der Waals surface area (Å²) in [6.07, 6.45) is 5.00. The van der Waals surface area contributed by atoms with Crippen molar-refractivity contribution < 1.29 is 0 Å². The molecule has 0 fully saturated rings. The first-order valence-electron chi connectivity index (χ1n) is 5.99. The number of benzene rings is 1. The summed E-state index contributed by atoms with van der Waals surface area (Å²) in [7, 11) is 1.93. The van der Waals surface area contributed by atoms with E-state index in [1.54, 1.807) is 17.2 Å². The van der Waals surface area contributed by atoms with Crippen LogP contribution in [0.15, 0.2) is 49.2 Å². The highest BCUT2D eigenvalue weighted by atomic mass is 15.3. The van der Waals surface area contributed by atoms with Crippen molar-refractivity contribution in [3.05, 3.63) is 54.9 Å². The molecule has 0 aliphatic heterocycles. The Labute approximate surface area is 110 Å². The highest BCUT2D eigenvalue weighted by Crippen LogP contribution is 2.19. The van der Waals surface area contributed by atoms with E-state index in [0.717, 1.165) is 17.1 Å². The number of aromatic nitrogens is 5. The molecule has 0 saturated carbocycles. The number of hydrogen-bond donors (Lipinski definition) is 1. The second-order valence-electron chi connectivity index (χ2n) is 4.16. The summed E-state index contributed by atoms with van der Waals surface area (Å²) in [5, 5.41) is 11.7. The van der Waals surface area contributed by atoms with Crippen LogP contribution in [-0.2, 0) is 13.6 Å². The summed E-state index contributed by atoms with van der Waals surface area (Å²) in [6, 6.07) is 9.98. The van der Waals surface area contributed by atoms with Crippen molar-refractivity contribution in [3.63, 3.8) is 0 Å². The molecular weight excluding hydrogens is 240 g/mol. The molecule has 0 bridgehead atoms. The predicted octanol–water partition coefficient (Wildman–Crippen LogP) is 1.61. The van der Waals surface area contributed by atoms with E-state index in [4.69, 9.17) is 0 Å². The van der Waals surface area contributed by atoms with E-state index >= 15 is 0 Å². The summed E-state index contributed by atoms with van der Waals surface area (Å²) < 4.78 is 3.59. The normalized spacial score (nSPS) is 10.6. The fourth-order valence-corrected chi connectivity index (χ4v) is 1.92. The van der Waals surface area contributed by atoms with Gasteiger partial charge in [0, 0.05) is 13.2 Å². The summed E-state index contributed by atoms with van der Waals surface area (Å²) >= 11 is 0. The third kappa shape index (κ3) is 2.33.